The number of ether oxygens (including phenoxy) is 1. The second kappa shape index (κ2) is 10.4. The highest BCUT2D eigenvalue weighted by Gasteiger charge is 2.44. The van der Waals surface area contributed by atoms with Crippen molar-refractivity contribution in [1.82, 2.24) is 9.21 Å². The van der Waals surface area contributed by atoms with Crippen molar-refractivity contribution < 1.29 is 27.8 Å². The predicted octanol–water partition coefficient (Wildman–Crippen LogP) is 3.82. The van der Waals surface area contributed by atoms with Gasteiger partial charge in [0.15, 0.2) is 8.32 Å². The van der Waals surface area contributed by atoms with E-state index in [4.69, 9.17) is 9.16 Å². The predicted molar refractivity (Wildman–Crippen MR) is 124 cm³/mol. The number of nitrogens with zero attached hydrogens (tertiary/aromatic N) is 2. The monoisotopic (exact) mass is 472 g/mol. The van der Waals surface area contributed by atoms with Gasteiger partial charge >= 0.3 is 6.09 Å². The molecular formula is C21H36N2O6SSi. The van der Waals surface area contributed by atoms with Crippen molar-refractivity contribution in [2.24, 2.45) is 0 Å². The quantitative estimate of drug-likeness (QED) is 0.419. The molecule has 0 saturated carbocycles. The summed E-state index contributed by atoms with van der Waals surface area (Å²) in [6.07, 6.45) is 0.0350. The zero-order chi connectivity index (χ0) is 23.4. The Hall–Kier alpha value is -1.46. The minimum atomic E-state index is -2.22. The fourth-order valence-corrected chi connectivity index (χ4v) is 5.26. The topological polar surface area (TPSA) is 99.5 Å². The van der Waals surface area contributed by atoms with Crippen LogP contribution >= 0.6 is 0 Å². The molecule has 31 heavy (non-hydrogen) atoms. The van der Waals surface area contributed by atoms with Crippen LogP contribution in [0.5, 0.6) is 5.75 Å². The number of methoxy groups -OCH3 is 1. The summed E-state index contributed by atoms with van der Waals surface area (Å²) >= 11 is -2.22. The van der Waals surface area contributed by atoms with E-state index >= 15 is 0 Å². The number of benzene rings is 1. The molecule has 0 radical (unpaired) electrons. The fraction of sp³-hybridized carbons (Fsp3) is 0.667. The maximum absolute atomic E-state index is 12.2. The van der Waals surface area contributed by atoms with Crippen LogP contribution in [0.15, 0.2) is 24.3 Å². The van der Waals surface area contributed by atoms with E-state index in [1.807, 2.05) is 24.3 Å². The van der Waals surface area contributed by atoms with Crippen LogP contribution in [0.4, 0.5) is 4.79 Å². The third-order valence-corrected chi connectivity index (χ3v) is 11.9. The molecule has 1 aromatic carbocycles. The molecule has 0 spiro atoms. The molecule has 0 aromatic heterocycles. The van der Waals surface area contributed by atoms with Gasteiger partial charge in [0.2, 0.25) is 11.3 Å². The van der Waals surface area contributed by atoms with Gasteiger partial charge in [-0.2, -0.15) is 4.31 Å². The van der Waals surface area contributed by atoms with Gasteiger partial charge in [-0.3, -0.25) is 4.55 Å². The van der Waals surface area contributed by atoms with Crippen molar-refractivity contribution in [3.05, 3.63) is 29.8 Å². The van der Waals surface area contributed by atoms with E-state index < -0.39 is 31.7 Å². The molecule has 8 nitrogen and oxygen atoms in total. The van der Waals surface area contributed by atoms with Gasteiger partial charge in [-0.15, -0.1) is 0 Å². The van der Waals surface area contributed by atoms with E-state index in [9.17, 15) is 18.7 Å². The molecule has 0 bridgehead atoms. The van der Waals surface area contributed by atoms with Crippen LogP contribution in [-0.2, 0) is 22.1 Å². The summed E-state index contributed by atoms with van der Waals surface area (Å²) < 4.78 is 35.2. The molecule has 2 N–H and O–H groups in total. The largest absolute Gasteiger partial charge is 0.497 e. The van der Waals surface area contributed by atoms with Gasteiger partial charge in [-0.1, -0.05) is 32.9 Å². The Labute approximate surface area is 189 Å². The van der Waals surface area contributed by atoms with Crippen molar-refractivity contribution in [3.63, 3.8) is 0 Å². The minimum absolute atomic E-state index is 0.0109. The van der Waals surface area contributed by atoms with Gasteiger partial charge in [-0.25, -0.2) is 9.00 Å². The molecule has 1 aromatic rings. The van der Waals surface area contributed by atoms with Crippen LogP contribution in [0.1, 0.15) is 32.8 Å². The summed E-state index contributed by atoms with van der Waals surface area (Å²) in [4.78, 5) is 13.2. The summed E-state index contributed by atoms with van der Waals surface area (Å²) in [6.45, 7) is 11.5. The zero-order valence-corrected chi connectivity index (χ0v) is 21.1. The molecule has 2 rings (SSSR count). The lowest BCUT2D eigenvalue weighted by molar-refractivity contribution is 0.104. The summed E-state index contributed by atoms with van der Waals surface area (Å²) in [6, 6.07) is 6.69. The lowest BCUT2D eigenvalue weighted by Gasteiger charge is -2.39. The van der Waals surface area contributed by atoms with Crippen molar-refractivity contribution in [3.8, 4) is 5.75 Å². The molecule has 176 valence electrons. The maximum atomic E-state index is 12.2. The maximum Gasteiger partial charge on any atom is 0.407 e. The normalized spacial score (nSPS) is 20.8. The summed E-state index contributed by atoms with van der Waals surface area (Å²) in [5, 5.41) is 9.67. The minimum Gasteiger partial charge on any atom is -0.497 e. The van der Waals surface area contributed by atoms with Gasteiger partial charge in [0.1, 0.15) is 5.75 Å². The Bertz CT molecular complexity index is 768. The number of hydrogen-bond acceptors (Lipinski definition) is 4. The third-order valence-electron chi connectivity index (χ3n) is 6.53. The van der Waals surface area contributed by atoms with E-state index in [-0.39, 0.29) is 17.7 Å². The molecule has 1 amide bonds. The fourth-order valence-electron chi connectivity index (χ4n) is 3.51. The molecule has 3 atom stereocenters. The molecule has 1 aliphatic heterocycles. The smallest absolute Gasteiger partial charge is 0.407 e. The van der Waals surface area contributed by atoms with Gasteiger partial charge in [-0.05, 0) is 48.7 Å². The van der Waals surface area contributed by atoms with Crippen LogP contribution < -0.4 is 4.74 Å². The van der Waals surface area contributed by atoms with Crippen molar-refractivity contribution in [2.75, 3.05) is 26.8 Å². The van der Waals surface area contributed by atoms with E-state index in [1.54, 1.807) is 7.11 Å². The van der Waals surface area contributed by atoms with Gasteiger partial charge < -0.3 is 19.2 Å². The molecule has 10 heteroatoms. The zero-order valence-electron chi connectivity index (χ0n) is 19.3. The first-order valence-corrected chi connectivity index (χ1v) is 14.5. The average molecular weight is 473 g/mol. The second-order valence-electron chi connectivity index (χ2n) is 9.44. The van der Waals surface area contributed by atoms with Crippen LogP contribution in [0.25, 0.3) is 0 Å². The molecule has 1 heterocycles. The highest BCUT2D eigenvalue weighted by molar-refractivity contribution is 7.76. The van der Waals surface area contributed by atoms with Crippen LogP contribution in [0, 0.1) is 0 Å². The Kier molecular flexibility index (Phi) is 8.68. The van der Waals surface area contributed by atoms with E-state index in [0.29, 0.717) is 25.9 Å². The average Bonchev–Trinajstić information content (AvgIpc) is 3.10. The highest BCUT2D eigenvalue weighted by atomic mass is 32.2. The second-order valence-corrected chi connectivity index (χ2v) is 15.2. The third kappa shape index (κ3) is 6.52. The first kappa shape index (κ1) is 25.8. The van der Waals surface area contributed by atoms with Crippen LogP contribution in [-0.4, -0.2) is 76.4 Å². The molecule has 1 fully saturated rings. The summed E-state index contributed by atoms with van der Waals surface area (Å²) in [5.74, 6) is 0.752. The van der Waals surface area contributed by atoms with E-state index in [2.05, 4.69) is 33.9 Å². The summed E-state index contributed by atoms with van der Waals surface area (Å²) in [5.41, 5.74) is 1.01. The van der Waals surface area contributed by atoms with Crippen molar-refractivity contribution in [2.45, 2.75) is 63.8 Å². The molecular weight excluding hydrogens is 436 g/mol. The molecule has 1 saturated heterocycles. The number of amides is 1. The number of carbonyl (C=O) groups is 1. The first-order chi connectivity index (χ1) is 14.4. The Morgan fingerprint density at radius 2 is 1.90 bits per heavy atom. The van der Waals surface area contributed by atoms with E-state index in [0.717, 1.165) is 11.3 Å². The van der Waals surface area contributed by atoms with Crippen molar-refractivity contribution in [1.29, 1.82) is 0 Å². The van der Waals surface area contributed by atoms with E-state index in [1.165, 1.54) is 9.21 Å². The first-order valence-electron chi connectivity index (χ1n) is 10.5. The van der Waals surface area contributed by atoms with Gasteiger partial charge in [0.05, 0.1) is 19.8 Å². The lowest BCUT2D eigenvalue weighted by atomic mass is 10.1. The summed E-state index contributed by atoms with van der Waals surface area (Å²) in [7, 11) is -0.494. The number of carboxylic acid groups (broad SMARTS) is 1. The van der Waals surface area contributed by atoms with Gasteiger partial charge in [0.25, 0.3) is 0 Å². The van der Waals surface area contributed by atoms with Gasteiger partial charge in [0, 0.05) is 19.1 Å². The Morgan fingerprint density at radius 1 is 1.29 bits per heavy atom. The lowest BCUT2D eigenvalue weighted by Crippen LogP contribution is -2.52. The highest BCUT2D eigenvalue weighted by Crippen LogP contribution is 2.37. The number of rotatable bonds is 9. The standard InChI is InChI=1S/C21H36N2O6SSi/c1-21(2,3)31(5,6)29-15-19-18(12-13-22(19)20(24)25)23(30(26)27)14-11-16-7-9-17(28-4)10-8-16/h7-10,18-19H,11-15H2,1-6H3,(H,24,25)(H,26,27)/t18-,19-/m0/s1. The number of likely N-dealkylation sites (tertiary alicyclic amines) is 1. The Balaban J connectivity index is 2.16. The number of hydrogen-bond donors (Lipinski definition) is 2. The SMILES string of the molecule is COc1ccc(CCN([C@H]2CCN(C(=O)O)[C@H]2CO[Si](C)(C)C(C)(C)C)S(=O)O)cc1. The molecule has 1 aliphatic rings. The molecule has 1 unspecified atom stereocenters. The molecule has 0 aliphatic carbocycles. The van der Waals surface area contributed by atoms with Crippen LogP contribution in [0.2, 0.25) is 18.1 Å². The Morgan fingerprint density at radius 3 is 2.39 bits per heavy atom. The van der Waals surface area contributed by atoms with Crippen molar-refractivity contribution >= 4 is 25.7 Å². The van der Waals surface area contributed by atoms with Crippen LogP contribution in [0.3, 0.4) is 0 Å².